The van der Waals surface area contributed by atoms with E-state index < -0.39 is 51.2 Å². The molecule has 0 saturated heterocycles. The molecule has 11 rings (SSSR count). The van der Waals surface area contributed by atoms with Gasteiger partial charge >= 0.3 is 0 Å². The third kappa shape index (κ3) is 15.6. The predicted molar refractivity (Wildman–Crippen MR) is 445 cm³/mol. The number of hydrogen-bond donors (Lipinski definition) is 6. The zero-order valence-electron chi connectivity index (χ0n) is 66.8. The van der Waals surface area contributed by atoms with Crippen molar-refractivity contribution >= 4 is 0 Å². The Kier molecular flexibility index (Phi) is 22.8. The average molecular weight is 1430 g/mol. The number of benzene rings is 11. The minimum absolute atomic E-state index is 0.0234. The van der Waals surface area contributed by atoms with Crippen molar-refractivity contribution in [3.63, 3.8) is 0 Å². The molecule has 0 bridgehead atoms. The Labute approximate surface area is 640 Å². The van der Waals surface area contributed by atoms with Gasteiger partial charge in [0.1, 0.15) is 34.5 Å². The van der Waals surface area contributed by atoms with E-state index in [-0.39, 0.29) is 45.3 Å². The molecule has 0 aromatic heterocycles. The first kappa shape index (κ1) is 78.3. The number of aromatic hydroxyl groups is 6. The van der Waals surface area contributed by atoms with Crippen molar-refractivity contribution in [3.8, 4) is 34.5 Å². The smallest absolute Gasteiger partial charge is 0.123 e. The van der Waals surface area contributed by atoms with Crippen LogP contribution in [0.2, 0.25) is 0 Å². The number of phenols is 6. The molecular weight excluding hydrogens is 1310 g/mol. The van der Waals surface area contributed by atoms with Crippen molar-refractivity contribution in [1.29, 1.82) is 0 Å². The van der Waals surface area contributed by atoms with E-state index in [2.05, 4.69) is 246 Å². The quantitative estimate of drug-likeness (QED) is 0.0285. The highest BCUT2D eigenvalue weighted by Crippen LogP contribution is 2.57. The Hall–Kier alpha value is -9.78. The van der Waals surface area contributed by atoms with Gasteiger partial charge in [-0.15, -0.1) is 0 Å². The second-order valence-electron chi connectivity index (χ2n) is 34.2. The van der Waals surface area contributed by atoms with Crippen molar-refractivity contribution < 1.29 is 30.6 Å². The van der Waals surface area contributed by atoms with Gasteiger partial charge in [-0.1, -0.05) is 349 Å². The highest BCUT2D eigenvalue weighted by atomic mass is 16.3. The zero-order valence-corrected chi connectivity index (χ0v) is 66.8. The monoisotopic (exact) mass is 1420 g/mol. The molecule has 0 amide bonds. The summed E-state index contributed by atoms with van der Waals surface area (Å²) in [5.41, 5.74) is 14.5. The minimum atomic E-state index is -0.819. The maximum Gasteiger partial charge on any atom is 0.123 e. The molecule has 0 saturated carbocycles. The molecule has 4 atom stereocenters. The molecule has 6 N–H and O–H groups in total. The van der Waals surface area contributed by atoms with E-state index >= 15 is 0 Å². The van der Waals surface area contributed by atoms with Crippen molar-refractivity contribution in [2.24, 2.45) is 0 Å². The SMILES string of the molecule is CCC(C)(C)c1ccc(O)c(C(c2ccccc2)c2cc(C(C)(C)CC)cc(C(c3ccccc3)c3cc(C(C)(C)CC)cc(C(c4ccccc4)c4cc(C(C)(C)CC)cc(C(c5ccccc5)c5cc(C(C)(C)CC)cc(C(c6ccccc6)c6cc(C(C)(C)CC)ccc6O)c5O)c4O)c3O)c2O)c1. The van der Waals surface area contributed by atoms with E-state index in [1.165, 1.54) is 0 Å². The lowest BCUT2D eigenvalue weighted by Crippen LogP contribution is -2.21. The van der Waals surface area contributed by atoms with Gasteiger partial charge in [-0.3, -0.25) is 0 Å². The second-order valence-corrected chi connectivity index (χ2v) is 34.2. The molecule has 0 fully saturated rings. The molecule has 0 aliphatic rings. The van der Waals surface area contributed by atoms with Crippen LogP contribution >= 0.6 is 0 Å². The molecule has 556 valence electrons. The van der Waals surface area contributed by atoms with Crippen molar-refractivity contribution in [3.05, 3.63) is 353 Å². The molecule has 0 aliphatic carbocycles. The molecule has 0 heterocycles. The third-order valence-electron chi connectivity index (χ3n) is 25.5. The van der Waals surface area contributed by atoms with E-state index in [9.17, 15) is 30.6 Å². The van der Waals surface area contributed by atoms with Crippen LogP contribution in [0.3, 0.4) is 0 Å². The average Bonchev–Trinajstić information content (AvgIpc) is 0.745. The molecule has 11 aromatic rings. The minimum Gasteiger partial charge on any atom is -0.508 e. The Morgan fingerprint density at radius 3 is 0.514 bits per heavy atom. The molecular formula is C101H116O6. The van der Waals surface area contributed by atoms with Crippen LogP contribution < -0.4 is 0 Å². The normalized spacial score (nSPS) is 14.0. The Bertz CT molecular complexity index is 4620. The highest BCUT2D eigenvalue weighted by Gasteiger charge is 2.40. The van der Waals surface area contributed by atoms with E-state index in [1.54, 1.807) is 0 Å². The third-order valence-corrected chi connectivity index (χ3v) is 25.5. The fraction of sp³-hybridized carbons (Fsp3) is 0.347. The molecule has 11 aromatic carbocycles. The maximum atomic E-state index is 14.5. The largest absolute Gasteiger partial charge is 0.508 e. The van der Waals surface area contributed by atoms with Gasteiger partial charge in [-0.25, -0.2) is 0 Å². The fourth-order valence-corrected chi connectivity index (χ4v) is 15.5. The first-order valence-corrected chi connectivity index (χ1v) is 39.2. The van der Waals surface area contributed by atoms with Crippen LogP contribution in [0.25, 0.3) is 0 Å². The molecule has 6 heteroatoms. The second kappa shape index (κ2) is 31.2. The molecule has 0 aliphatic heterocycles. The lowest BCUT2D eigenvalue weighted by atomic mass is 9.70. The summed E-state index contributed by atoms with van der Waals surface area (Å²) >= 11 is 0. The van der Waals surface area contributed by atoms with E-state index in [4.69, 9.17) is 0 Å². The van der Waals surface area contributed by atoms with Gasteiger partial charge in [-0.05, 0) is 144 Å². The molecule has 107 heavy (non-hydrogen) atoms. The first-order chi connectivity index (χ1) is 50.8. The first-order valence-electron chi connectivity index (χ1n) is 39.2. The summed E-state index contributed by atoms with van der Waals surface area (Å²) in [6.45, 7) is 40.1. The van der Waals surface area contributed by atoms with Gasteiger partial charge in [0.2, 0.25) is 0 Å². The molecule has 4 unspecified atom stereocenters. The topological polar surface area (TPSA) is 121 Å². The summed E-state index contributed by atoms with van der Waals surface area (Å²) < 4.78 is 0. The van der Waals surface area contributed by atoms with E-state index in [0.29, 0.717) is 55.6 Å². The van der Waals surface area contributed by atoms with Gasteiger partial charge in [0.05, 0.1) is 0 Å². The van der Waals surface area contributed by atoms with E-state index in [1.807, 2.05) is 115 Å². The van der Waals surface area contributed by atoms with Crippen LogP contribution in [0.15, 0.2) is 237 Å². The summed E-state index contributed by atoms with van der Waals surface area (Å²) in [4.78, 5) is 0. The maximum absolute atomic E-state index is 14.5. The lowest BCUT2D eigenvalue weighted by molar-refractivity contribution is 0.440. The van der Waals surface area contributed by atoms with Gasteiger partial charge in [0, 0.05) is 85.2 Å². The van der Waals surface area contributed by atoms with Crippen LogP contribution in [0.1, 0.15) is 310 Å². The summed E-state index contributed by atoms with van der Waals surface area (Å²) in [7, 11) is 0. The molecule has 0 radical (unpaired) electrons. The van der Waals surface area contributed by atoms with Gasteiger partial charge < -0.3 is 30.6 Å². The lowest BCUT2D eigenvalue weighted by Gasteiger charge is -2.34. The Morgan fingerprint density at radius 1 is 0.196 bits per heavy atom. The van der Waals surface area contributed by atoms with E-state index in [0.717, 1.165) is 99.7 Å². The molecule has 0 spiro atoms. The summed E-state index contributed by atoms with van der Waals surface area (Å²) in [5.74, 6) is -3.19. The number of phenolic OH excluding ortho intramolecular Hbond substituents is 6. The van der Waals surface area contributed by atoms with Crippen LogP contribution in [-0.2, 0) is 32.5 Å². The highest BCUT2D eigenvalue weighted by molar-refractivity contribution is 5.69. The van der Waals surface area contributed by atoms with Gasteiger partial charge in [0.25, 0.3) is 0 Å². The Morgan fingerprint density at radius 2 is 0.346 bits per heavy atom. The van der Waals surface area contributed by atoms with Crippen LogP contribution in [0, 0.1) is 0 Å². The molecule has 6 nitrogen and oxygen atoms in total. The van der Waals surface area contributed by atoms with Crippen molar-refractivity contribution in [2.45, 2.75) is 225 Å². The Balaban J connectivity index is 1.25. The summed E-state index contributed by atoms with van der Waals surface area (Å²) in [5, 5.41) is 81.7. The van der Waals surface area contributed by atoms with Gasteiger partial charge in [-0.2, -0.15) is 0 Å². The van der Waals surface area contributed by atoms with Crippen LogP contribution in [0.5, 0.6) is 34.5 Å². The summed E-state index contributed by atoms with van der Waals surface area (Å²) in [6, 6.07) is 80.3. The van der Waals surface area contributed by atoms with Crippen LogP contribution in [0.4, 0.5) is 0 Å². The predicted octanol–water partition coefficient (Wildman–Crippen LogP) is 25.9. The van der Waals surface area contributed by atoms with Crippen molar-refractivity contribution in [2.75, 3.05) is 0 Å². The van der Waals surface area contributed by atoms with Gasteiger partial charge in [0.15, 0.2) is 0 Å². The van der Waals surface area contributed by atoms with Crippen LogP contribution in [-0.4, -0.2) is 30.6 Å². The number of rotatable bonds is 27. The fourth-order valence-electron chi connectivity index (χ4n) is 15.5. The zero-order chi connectivity index (χ0) is 77.3. The van der Waals surface area contributed by atoms with Crippen molar-refractivity contribution in [1.82, 2.24) is 0 Å². The number of hydrogen-bond acceptors (Lipinski definition) is 6. The standard InChI is InChI=1S/C101H116O6/c1-19-96(7,8)69-50-52-85(102)75(54-69)87(64-40-30-25-31-41-64)77-56-71(98(11,12)21-3)58-79(92(77)104)89(66-44-34-27-35-45-66)81-60-73(100(15,16)23-5)62-83(94(81)106)91(68-48-38-29-39-49-68)84-63-74(101(17,18)24-6)61-82(95(84)107)90(67-46-36-28-37-47-67)80-59-72(99(13,14)22-4)57-78(93(80)105)88(65-42-32-26-33-43-65)76-55-70(51-53-86(76)103)97(9,10)20-2/h25-63,87-91,102-107H,19-24H2,1-18H3. The summed E-state index contributed by atoms with van der Waals surface area (Å²) in [6.07, 6.45) is 4.79.